The third-order valence-corrected chi connectivity index (χ3v) is 16.0. The number of ether oxygens (including phenoxy) is 4. The Balaban J connectivity index is 1.33. The smallest absolute Gasteiger partial charge is 0.256 e. The highest BCUT2D eigenvalue weighted by Gasteiger charge is 2.48. The number of hydrogen-bond donors (Lipinski definition) is 0. The zero-order chi connectivity index (χ0) is 43.3. The van der Waals surface area contributed by atoms with E-state index >= 15 is 0 Å². The number of anilines is 6. The van der Waals surface area contributed by atoms with Gasteiger partial charge >= 0.3 is 0 Å². The zero-order valence-electron chi connectivity index (χ0n) is 38.1. The lowest BCUT2D eigenvalue weighted by atomic mass is 9.33. The van der Waals surface area contributed by atoms with Crippen molar-refractivity contribution < 1.29 is 18.9 Å². The highest BCUT2D eigenvalue weighted by Crippen LogP contribution is 2.56. The van der Waals surface area contributed by atoms with E-state index in [2.05, 4.69) is 154 Å². The molecule has 0 saturated heterocycles. The number of hydrogen-bond acceptors (Lipinski definition) is 8. The van der Waals surface area contributed by atoms with Gasteiger partial charge in [0.1, 0.15) is 26.4 Å². The van der Waals surface area contributed by atoms with Gasteiger partial charge in [0.2, 0.25) is 0 Å². The van der Waals surface area contributed by atoms with Crippen LogP contribution in [0.15, 0.2) is 60.7 Å². The molecule has 4 aliphatic rings. The first-order chi connectivity index (χ1) is 29.5. The van der Waals surface area contributed by atoms with Crippen molar-refractivity contribution in [3.63, 3.8) is 0 Å². The molecule has 0 spiro atoms. The monoisotopic (exact) mass is 858 g/mol. The maximum absolute atomic E-state index is 6.46. The molecule has 0 amide bonds. The van der Waals surface area contributed by atoms with E-state index in [0.29, 0.717) is 26.4 Å². The van der Waals surface area contributed by atoms with Crippen molar-refractivity contribution in [2.45, 2.75) is 99.8 Å². The van der Waals surface area contributed by atoms with E-state index in [1.165, 1.54) is 74.6 Å². The van der Waals surface area contributed by atoms with Crippen LogP contribution < -0.4 is 45.1 Å². The third-order valence-electron chi connectivity index (χ3n) is 13.6. The fourth-order valence-electron chi connectivity index (χ4n) is 10.5. The van der Waals surface area contributed by atoms with E-state index in [4.69, 9.17) is 18.9 Å². The van der Waals surface area contributed by atoms with Crippen molar-refractivity contribution in [2.75, 3.05) is 36.2 Å². The van der Waals surface area contributed by atoms with Crippen LogP contribution in [0.1, 0.15) is 100 Å². The van der Waals surface area contributed by atoms with Crippen LogP contribution in [0.25, 0.3) is 20.2 Å². The largest absolute Gasteiger partial charge is 0.486 e. The predicted molar refractivity (Wildman–Crippen MR) is 264 cm³/mol. The lowest BCUT2D eigenvalue weighted by molar-refractivity contribution is 0.170. The Bertz CT molecular complexity index is 2860. The number of fused-ring (bicyclic) bond motifs is 10. The first-order valence-electron chi connectivity index (χ1n) is 22.2. The molecule has 2 aromatic heterocycles. The standard InChI is InChI=1S/C53H55BN2O4S2/c1-27(2)32-23-37-45-38(24-32)56(47-29(4)22-40-49(31(47)6)60-20-18-58-40)51-44(36-26-34(53(10,11)12)14-16-42(36)62-51)54(45)43-35-25-33(52(7,8)9)13-15-41(35)61-50(43)55(37)46-28(3)21-39-48(30(46)5)59-19-17-57-39/h13-16,21-27H,17-20H2,1-12H3. The molecule has 62 heavy (non-hydrogen) atoms. The number of aryl methyl sites for hydroxylation is 2. The summed E-state index contributed by atoms with van der Waals surface area (Å²) in [6, 6.07) is 23.9. The molecule has 11 rings (SSSR count). The second-order valence-electron chi connectivity index (χ2n) is 20.2. The summed E-state index contributed by atoms with van der Waals surface area (Å²) in [7, 11) is 0. The molecule has 0 radical (unpaired) electrons. The summed E-state index contributed by atoms with van der Waals surface area (Å²) in [6.45, 7) is 29.7. The highest BCUT2D eigenvalue weighted by molar-refractivity contribution is 7.29. The minimum Gasteiger partial charge on any atom is -0.486 e. The summed E-state index contributed by atoms with van der Waals surface area (Å²) in [5.74, 6) is 3.62. The molecule has 6 heterocycles. The number of rotatable bonds is 3. The highest BCUT2D eigenvalue weighted by atomic mass is 32.1. The summed E-state index contributed by atoms with van der Waals surface area (Å²) in [4.78, 5) is 5.23. The molecule has 5 aromatic carbocycles. The minimum absolute atomic E-state index is 0.0197. The van der Waals surface area contributed by atoms with E-state index in [9.17, 15) is 0 Å². The summed E-state index contributed by atoms with van der Waals surface area (Å²) >= 11 is 3.85. The van der Waals surface area contributed by atoms with Crippen LogP contribution >= 0.6 is 22.7 Å². The maximum Gasteiger partial charge on any atom is 0.256 e. The van der Waals surface area contributed by atoms with Gasteiger partial charge < -0.3 is 28.7 Å². The summed E-state index contributed by atoms with van der Waals surface area (Å²) < 4.78 is 28.0. The van der Waals surface area contributed by atoms with Gasteiger partial charge in [-0.2, -0.15) is 0 Å². The fourth-order valence-corrected chi connectivity index (χ4v) is 12.9. The first kappa shape index (κ1) is 39.7. The normalized spacial score (nSPS) is 15.4. The Morgan fingerprint density at radius 3 is 1.37 bits per heavy atom. The van der Waals surface area contributed by atoms with Crippen LogP contribution in [0.4, 0.5) is 32.8 Å². The Hall–Kier alpha value is -5.12. The number of thiophene rings is 2. The van der Waals surface area contributed by atoms with Crippen LogP contribution in [0.5, 0.6) is 23.0 Å². The summed E-state index contributed by atoms with van der Waals surface area (Å²) in [6.07, 6.45) is 0. The third kappa shape index (κ3) is 5.72. The Morgan fingerprint density at radius 1 is 0.548 bits per heavy atom. The fraction of sp³-hybridized carbons (Fsp3) is 0.358. The van der Waals surface area contributed by atoms with Crippen LogP contribution in [0.3, 0.4) is 0 Å². The lowest BCUT2D eigenvalue weighted by Gasteiger charge is -2.44. The quantitative estimate of drug-likeness (QED) is 0.165. The van der Waals surface area contributed by atoms with E-state index < -0.39 is 0 Å². The van der Waals surface area contributed by atoms with E-state index in [1.54, 1.807) is 0 Å². The van der Waals surface area contributed by atoms with Crippen molar-refractivity contribution in [3.05, 3.63) is 99.6 Å². The topological polar surface area (TPSA) is 43.4 Å². The second kappa shape index (κ2) is 13.7. The minimum atomic E-state index is -0.0257. The molecular formula is C53H55BN2O4S2. The molecule has 0 aliphatic carbocycles. The van der Waals surface area contributed by atoms with Crippen LogP contribution in [0.2, 0.25) is 0 Å². The van der Waals surface area contributed by atoms with Crippen LogP contribution in [-0.2, 0) is 10.8 Å². The average Bonchev–Trinajstić information content (AvgIpc) is 3.80. The van der Waals surface area contributed by atoms with Crippen molar-refractivity contribution in [3.8, 4) is 23.0 Å². The molecule has 0 unspecified atom stereocenters. The van der Waals surface area contributed by atoms with E-state index in [-0.39, 0.29) is 23.5 Å². The Morgan fingerprint density at radius 2 is 0.968 bits per heavy atom. The molecule has 0 bridgehead atoms. The van der Waals surface area contributed by atoms with E-state index in [0.717, 1.165) is 56.6 Å². The molecule has 316 valence electrons. The Labute approximate surface area is 374 Å². The molecule has 6 nitrogen and oxygen atoms in total. The Kier molecular flexibility index (Phi) is 8.77. The second-order valence-corrected chi connectivity index (χ2v) is 22.2. The van der Waals surface area contributed by atoms with Gasteiger partial charge in [-0.1, -0.05) is 79.7 Å². The van der Waals surface area contributed by atoms with Gasteiger partial charge in [-0.25, -0.2) is 0 Å². The van der Waals surface area contributed by atoms with Gasteiger partial charge in [-0.05, 0) is 136 Å². The number of benzene rings is 5. The average molecular weight is 859 g/mol. The molecule has 0 saturated carbocycles. The summed E-state index contributed by atoms with van der Waals surface area (Å²) in [5.41, 5.74) is 17.3. The molecular weight excluding hydrogens is 804 g/mol. The van der Waals surface area contributed by atoms with Crippen molar-refractivity contribution in [2.24, 2.45) is 0 Å². The molecule has 7 aromatic rings. The van der Waals surface area contributed by atoms with Gasteiger partial charge in [0.15, 0.2) is 23.0 Å². The van der Waals surface area contributed by atoms with Gasteiger partial charge in [0, 0.05) is 31.9 Å². The van der Waals surface area contributed by atoms with Gasteiger partial charge in [0.25, 0.3) is 6.71 Å². The molecule has 0 atom stereocenters. The van der Waals surface area contributed by atoms with Crippen LogP contribution in [-0.4, -0.2) is 33.1 Å². The molecule has 0 N–H and O–H groups in total. The van der Waals surface area contributed by atoms with Gasteiger partial charge in [-0.15, -0.1) is 22.7 Å². The van der Waals surface area contributed by atoms with Crippen molar-refractivity contribution >= 4 is 98.7 Å². The lowest BCUT2D eigenvalue weighted by Crippen LogP contribution is -2.60. The van der Waals surface area contributed by atoms with Gasteiger partial charge in [-0.3, -0.25) is 0 Å². The molecule has 0 fully saturated rings. The van der Waals surface area contributed by atoms with E-state index in [1.807, 2.05) is 22.7 Å². The molecule has 4 aliphatic heterocycles. The first-order valence-corrected chi connectivity index (χ1v) is 23.9. The summed E-state index contributed by atoms with van der Waals surface area (Å²) in [5, 5.41) is 5.22. The number of nitrogens with zero attached hydrogens (tertiary/aromatic N) is 2. The molecule has 9 heteroatoms. The van der Waals surface area contributed by atoms with Gasteiger partial charge in [0.05, 0.1) is 21.4 Å². The zero-order valence-corrected chi connectivity index (χ0v) is 39.7. The van der Waals surface area contributed by atoms with Crippen molar-refractivity contribution in [1.29, 1.82) is 0 Å². The SMILES string of the molecule is Cc1cc2c(c(C)c1N1c3cc(C(C)C)cc4c3B(c3c1sc1ccc(C(C)(C)C)cc31)c1c(sc3ccc(C(C)(C)C)cc13)N4c1c(C)cc3c(c1C)OCCO3)OCCO2. The maximum atomic E-state index is 6.46. The van der Waals surface area contributed by atoms with Crippen LogP contribution in [0, 0.1) is 27.7 Å². The van der Waals surface area contributed by atoms with Crippen molar-refractivity contribution in [1.82, 2.24) is 0 Å². The predicted octanol–water partition coefficient (Wildman–Crippen LogP) is 12.7.